The summed E-state index contributed by atoms with van der Waals surface area (Å²) < 4.78 is 5.10. The third kappa shape index (κ3) is 3.38. The van der Waals surface area contributed by atoms with Crippen LogP contribution in [0.4, 0.5) is 16.6 Å². The number of hydrogen-bond acceptors (Lipinski definition) is 6. The highest BCUT2D eigenvalue weighted by molar-refractivity contribution is 7.18. The van der Waals surface area contributed by atoms with Gasteiger partial charge in [-0.25, -0.2) is 4.98 Å². The fourth-order valence-corrected chi connectivity index (χ4v) is 3.05. The summed E-state index contributed by atoms with van der Waals surface area (Å²) in [6.45, 7) is 2.02. The Morgan fingerprint density at radius 3 is 2.42 bits per heavy atom. The van der Waals surface area contributed by atoms with Crippen LogP contribution >= 0.6 is 11.3 Å². The van der Waals surface area contributed by atoms with Crippen molar-refractivity contribution in [3.63, 3.8) is 0 Å². The molecule has 0 radical (unpaired) electrons. The van der Waals surface area contributed by atoms with E-state index in [2.05, 4.69) is 10.3 Å². The second kappa shape index (κ2) is 6.72. The Morgan fingerprint density at radius 2 is 1.79 bits per heavy atom. The van der Waals surface area contributed by atoms with Crippen molar-refractivity contribution in [3.8, 4) is 5.75 Å². The number of aryl methyl sites for hydroxylation is 1. The summed E-state index contributed by atoms with van der Waals surface area (Å²) in [5.74, 6) is 0.783. The lowest BCUT2D eigenvalue weighted by atomic mass is 10.1. The number of carbonyl (C=O) groups is 1. The van der Waals surface area contributed by atoms with Gasteiger partial charge in [-0.15, -0.1) is 0 Å². The summed E-state index contributed by atoms with van der Waals surface area (Å²) in [6, 6.07) is 14.8. The van der Waals surface area contributed by atoms with Crippen LogP contribution in [0.25, 0.3) is 0 Å². The number of nitrogen functional groups attached to an aromatic ring is 1. The molecule has 0 atom stereocenters. The van der Waals surface area contributed by atoms with Gasteiger partial charge in [0.2, 0.25) is 5.78 Å². The number of nitrogens with one attached hydrogen (secondary N) is 1. The van der Waals surface area contributed by atoms with Gasteiger partial charge in [-0.1, -0.05) is 29.0 Å². The molecule has 2 aromatic carbocycles. The fourth-order valence-electron chi connectivity index (χ4n) is 2.18. The predicted octanol–water partition coefficient (Wildman–Crippen LogP) is 4.02. The third-order valence-electron chi connectivity index (χ3n) is 3.51. The summed E-state index contributed by atoms with van der Waals surface area (Å²) in [5.41, 5.74) is 8.55. The highest BCUT2D eigenvalue weighted by atomic mass is 32.1. The number of thiazole rings is 1. The van der Waals surface area contributed by atoms with E-state index in [1.165, 1.54) is 16.9 Å². The number of rotatable bonds is 5. The molecule has 3 N–H and O–H groups in total. The number of ether oxygens (including phenoxy) is 1. The maximum absolute atomic E-state index is 12.6. The van der Waals surface area contributed by atoms with Crippen LogP contribution in [0.3, 0.4) is 0 Å². The second-order valence-electron chi connectivity index (χ2n) is 5.28. The average Bonchev–Trinajstić information content (AvgIpc) is 2.96. The third-order valence-corrected chi connectivity index (χ3v) is 4.50. The normalized spacial score (nSPS) is 10.4. The van der Waals surface area contributed by atoms with E-state index >= 15 is 0 Å². The Kier molecular flexibility index (Phi) is 4.48. The van der Waals surface area contributed by atoms with Gasteiger partial charge in [0.05, 0.1) is 7.11 Å². The van der Waals surface area contributed by atoms with Gasteiger partial charge in [0.1, 0.15) is 16.4 Å². The van der Waals surface area contributed by atoms with Crippen molar-refractivity contribution in [2.24, 2.45) is 0 Å². The van der Waals surface area contributed by atoms with Gasteiger partial charge >= 0.3 is 0 Å². The largest absolute Gasteiger partial charge is 0.497 e. The Morgan fingerprint density at radius 1 is 1.12 bits per heavy atom. The van der Waals surface area contributed by atoms with Crippen LogP contribution < -0.4 is 15.8 Å². The highest BCUT2D eigenvalue weighted by Crippen LogP contribution is 2.30. The monoisotopic (exact) mass is 339 g/mol. The zero-order chi connectivity index (χ0) is 17.1. The number of methoxy groups -OCH3 is 1. The lowest BCUT2D eigenvalue weighted by molar-refractivity contribution is 0.104. The fraction of sp³-hybridized carbons (Fsp3) is 0.111. The van der Waals surface area contributed by atoms with Gasteiger partial charge in [-0.3, -0.25) is 4.79 Å². The average molecular weight is 339 g/mol. The van der Waals surface area contributed by atoms with E-state index in [0.29, 0.717) is 21.3 Å². The molecule has 1 aromatic heterocycles. The number of anilines is 3. The van der Waals surface area contributed by atoms with Crippen molar-refractivity contribution in [1.82, 2.24) is 4.98 Å². The van der Waals surface area contributed by atoms with E-state index in [9.17, 15) is 4.79 Å². The first-order valence-corrected chi connectivity index (χ1v) is 8.17. The van der Waals surface area contributed by atoms with Crippen LogP contribution in [0.2, 0.25) is 0 Å². The summed E-state index contributed by atoms with van der Waals surface area (Å²) in [5, 5.41) is 3.76. The zero-order valence-corrected chi connectivity index (χ0v) is 14.2. The van der Waals surface area contributed by atoms with Gasteiger partial charge in [-0.2, -0.15) is 0 Å². The Labute approximate surface area is 144 Å². The standard InChI is InChI=1S/C18H17N3O2S/c1-11-3-7-13(8-4-11)20-18-21-17(19)16(24-18)15(22)12-5-9-14(23-2)10-6-12/h3-10H,19H2,1-2H3,(H,20,21). The Bertz CT molecular complexity index is 855. The van der Waals surface area contributed by atoms with Crippen molar-refractivity contribution >= 4 is 33.8 Å². The van der Waals surface area contributed by atoms with Crippen LogP contribution in [0.5, 0.6) is 5.75 Å². The molecule has 0 bridgehead atoms. The zero-order valence-electron chi connectivity index (χ0n) is 13.4. The molecular weight excluding hydrogens is 322 g/mol. The number of ketones is 1. The van der Waals surface area contributed by atoms with Crippen molar-refractivity contribution in [2.75, 3.05) is 18.2 Å². The molecule has 0 aliphatic heterocycles. The molecule has 1 heterocycles. The topological polar surface area (TPSA) is 77.2 Å². The molecule has 0 saturated carbocycles. The van der Waals surface area contributed by atoms with Crippen LogP contribution in [-0.2, 0) is 0 Å². The minimum Gasteiger partial charge on any atom is -0.497 e. The first-order chi connectivity index (χ1) is 11.6. The molecule has 6 heteroatoms. The SMILES string of the molecule is COc1ccc(C(=O)c2sc(Nc3ccc(C)cc3)nc2N)cc1. The quantitative estimate of drug-likeness (QED) is 0.687. The predicted molar refractivity (Wildman–Crippen MR) is 97.4 cm³/mol. The summed E-state index contributed by atoms with van der Waals surface area (Å²) in [4.78, 5) is 17.3. The van der Waals surface area contributed by atoms with Crippen molar-refractivity contribution in [3.05, 3.63) is 64.5 Å². The highest BCUT2D eigenvalue weighted by Gasteiger charge is 2.18. The molecule has 0 fully saturated rings. The van der Waals surface area contributed by atoms with Crippen molar-refractivity contribution < 1.29 is 9.53 Å². The van der Waals surface area contributed by atoms with Gasteiger partial charge in [0.15, 0.2) is 5.13 Å². The van der Waals surface area contributed by atoms with Gasteiger partial charge in [0, 0.05) is 11.3 Å². The molecule has 5 nitrogen and oxygen atoms in total. The summed E-state index contributed by atoms with van der Waals surface area (Å²) >= 11 is 1.24. The van der Waals surface area contributed by atoms with E-state index in [1.54, 1.807) is 31.4 Å². The van der Waals surface area contributed by atoms with E-state index in [4.69, 9.17) is 10.5 Å². The number of aromatic nitrogens is 1. The van der Waals surface area contributed by atoms with Gasteiger partial charge in [0.25, 0.3) is 0 Å². The van der Waals surface area contributed by atoms with Gasteiger partial charge in [-0.05, 0) is 43.3 Å². The molecule has 122 valence electrons. The van der Waals surface area contributed by atoms with Crippen LogP contribution in [0.1, 0.15) is 20.8 Å². The van der Waals surface area contributed by atoms with E-state index in [-0.39, 0.29) is 11.6 Å². The molecule has 0 aliphatic rings. The van der Waals surface area contributed by atoms with Gasteiger partial charge < -0.3 is 15.8 Å². The maximum atomic E-state index is 12.6. The molecule has 0 aliphatic carbocycles. The maximum Gasteiger partial charge on any atom is 0.206 e. The molecule has 24 heavy (non-hydrogen) atoms. The molecular formula is C18H17N3O2S. The number of nitrogens with zero attached hydrogens (tertiary/aromatic N) is 1. The lowest BCUT2D eigenvalue weighted by Gasteiger charge is -2.02. The van der Waals surface area contributed by atoms with Crippen LogP contribution in [0, 0.1) is 6.92 Å². The smallest absolute Gasteiger partial charge is 0.206 e. The molecule has 0 spiro atoms. The molecule has 0 saturated heterocycles. The second-order valence-corrected chi connectivity index (χ2v) is 6.28. The molecule has 3 rings (SSSR count). The van der Waals surface area contributed by atoms with Crippen molar-refractivity contribution in [1.29, 1.82) is 0 Å². The van der Waals surface area contributed by atoms with Crippen LogP contribution in [-0.4, -0.2) is 17.9 Å². The number of carbonyl (C=O) groups excluding carboxylic acids is 1. The first kappa shape index (κ1) is 16.0. The van der Waals surface area contributed by atoms with E-state index in [1.807, 2.05) is 31.2 Å². The number of benzene rings is 2. The Hall–Kier alpha value is -2.86. The van der Waals surface area contributed by atoms with Crippen LogP contribution in [0.15, 0.2) is 48.5 Å². The molecule has 0 amide bonds. The van der Waals surface area contributed by atoms with E-state index in [0.717, 1.165) is 5.69 Å². The summed E-state index contributed by atoms with van der Waals surface area (Å²) in [7, 11) is 1.58. The van der Waals surface area contributed by atoms with E-state index < -0.39 is 0 Å². The number of hydrogen-bond donors (Lipinski definition) is 2. The Balaban J connectivity index is 1.82. The molecule has 0 unspecified atom stereocenters. The molecule has 3 aromatic rings. The minimum atomic E-state index is -0.149. The number of nitrogens with two attached hydrogens (primary N) is 1. The van der Waals surface area contributed by atoms with Crippen molar-refractivity contribution in [2.45, 2.75) is 6.92 Å². The first-order valence-electron chi connectivity index (χ1n) is 7.35. The summed E-state index contributed by atoms with van der Waals surface area (Å²) in [6.07, 6.45) is 0. The minimum absolute atomic E-state index is 0.149. The lowest BCUT2D eigenvalue weighted by Crippen LogP contribution is -2.02.